The van der Waals surface area contributed by atoms with E-state index in [0.29, 0.717) is 43.2 Å². The summed E-state index contributed by atoms with van der Waals surface area (Å²) in [5, 5.41) is 0.596. The topological polar surface area (TPSA) is 42.0 Å². The highest BCUT2D eigenvalue weighted by Crippen LogP contribution is 2.41. The Labute approximate surface area is 173 Å². The van der Waals surface area contributed by atoms with E-state index >= 15 is 0 Å². The minimum Gasteiger partial charge on any atom is -0.495 e. The molecule has 1 aromatic rings. The molecule has 0 aliphatic carbocycles. The number of ether oxygens (including phenoxy) is 2. The summed E-state index contributed by atoms with van der Waals surface area (Å²) in [6.07, 6.45) is -4.12. The number of benzene rings is 1. The Balaban J connectivity index is 1.63. The molecule has 0 radical (unpaired) electrons. The Morgan fingerprint density at radius 2 is 1.93 bits per heavy atom. The van der Waals surface area contributed by atoms with Gasteiger partial charge >= 0.3 is 12.3 Å². The molecule has 1 atom stereocenters. The number of piperidine rings is 1. The smallest absolute Gasteiger partial charge is 0.425 e. The molecule has 2 fully saturated rings. The summed E-state index contributed by atoms with van der Waals surface area (Å²) in [6, 6.07) is 5.70. The number of carbonyl (C=O) groups is 1. The molecule has 0 saturated carbocycles. The van der Waals surface area contributed by atoms with Crippen LogP contribution in [0.1, 0.15) is 38.2 Å². The van der Waals surface area contributed by atoms with Crippen molar-refractivity contribution in [2.24, 2.45) is 0 Å². The quantitative estimate of drug-likeness (QED) is 0.678. The Morgan fingerprint density at radius 3 is 2.55 bits per heavy atom. The molecule has 3 rings (SSSR count). The fourth-order valence-electron chi connectivity index (χ4n) is 4.25. The van der Waals surface area contributed by atoms with Gasteiger partial charge in [0.25, 0.3) is 0 Å². The van der Waals surface area contributed by atoms with Crippen LogP contribution >= 0.6 is 11.6 Å². The van der Waals surface area contributed by atoms with Crippen LogP contribution in [0.2, 0.25) is 5.02 Å². The van der Waals surface area contributed by atoms with Crippen LogP contribution in [0, 0.1) is 0 Å². The molecule has 29 heavy (non-hydrogen) atoms. The third kappa shape index (κ3) is 4.74. The van der Waals surface area contributed by atoms with Gasteiger partial charge < -0.3 is 14.4 Å². The van der Waals surface area contributed by atoms with E-state index in [4.69, 9.17) is 16.3 Å². The molecule has 1 unspecified atom stereocenters. The number of rotatable bonds is 4. The Bertz CT molecular complexity index is 736. The normalized spacial score (nSPS) is 20.7. The summed E-state index contributed by atoms with van der Waals surface area (Å²) < 4.78 is 47.8. The zero-order valence-electron chi connectivity index (χ0n) is 16.6. The zero-order valence-corrected chi connectivity index (χ0v) is 17.4. The number of nitrogens with zero attached hydrogens (tertiary/aromatic N) is 2. The number of likely N-dealkylation sites (tertiary alicyclic amines) is 2. The van der Waals surface area contributed by atoms with Crippen LogP contribution in [0.25, 0.3) is 0 Å². The first kappa shape index (κ1) is 22.0. The lowest BCUT2D eigenvalue weighted by atomic mass is 9.85. The molecule has 162 valence electrons. The molecule has 0 aromatic heterocycles. The van der Waals surface area contributed by atoms with E-state index in [2.05, 4.69) is 9.64 Å². The molecule has 2 heterocycles. The Morgan fingerprint density at radius 1 is 1.24 bits per heavy atom. The van der Waals surface area contributed by atoms with E-state index in [1.54, 1.807) is 7.11 Å². The minimum atomic E-state index is -4.55. The standard InChI is InChI=1S/C20H26ClF3N2O3/c1-14(20(22,23)24)29-18(27)25-11-8-19(9-12-25)7-4-10-26(19)13-15-5-3-6-16(28-2)17(15)21/h3,5-6,14H,4,7-13H2,1-2H3. The summed E-state index contributed by atoms with van der Waals surface area (Å²) in [5.74, 6) is 0.633. The van der Waals surface area contributed by atoms with Crippen LogP contribution in [-0.2, 0) is 11.3 Å². The van der Waals surface area contributed by atoms with Crippen molar-refractivity contribution in [3.8, 4) is 5.75 Å². The van der Waals surface area contributed by atoms with Crippen LogP contribution < -0.4 is 4.74 Å². The number of halogens is 4. The van der Waals surface area contributed by atoms with Crippen LogP contribution in [0.3, 0.4) is 0 Å². The van der Waals surface area contributed by atoms with Crippen molar-refractivity contribution in [2.45, 2.75) is 57.0 Å². The maximum atomic E-state index is 12.6. The lowest BCUT2D eigenvalue weighted by molar-refractivity contribution is -0.200. The number of hydrogen-bond donors (Lipinski definition) is 0. The first-order chi connectivity index (χ1) is 13.7. The largest absolute Gasteiger partial charge is 0.495 e. The highest BCUT2D eigenvalue weighted by molar-refractivity contribution is 6.32. The van der Waals surface area contributed by atoms with Crippen LogP contribution in [0.5, 0.6) is 5.75 Å². The summed E-state index contributed by atoms with van der Waals surface area (Å²) in [4.78, 5) is 15.9. The first-order valence-electron chi connectivity index (χ1n) is 9.75. The molecule has 2 aliphatic rings. The van der Waals surface area contributed by atoms with Gasteiger partial charge in [-0.2, -0.15) is 13.2 Å². The third-order valence-corrected chi connectivity index (χ3v) is 6.49. The Hall–Kier alpha value is -1.67. The van der Waals surface area contributed by atoms with Gasteiger partial charge in [-0.1, -0.05) is 23.7 Å². The van der Waals surface area contributed by atoms with Crippen molar-refractivity contribution in [3.63, 3.8) is 0 Å². The summed E-state index contributed by atoms with van der Waals surface area (Å²) in [7, 11) is 1.58. The van der Waals surface area contributed by atoms with Gasteiger partial charge in [-0.15, -0.1) is 0 Å². The van der Waals surface area contributed by atoms with Gasteiger partial charge in [-0.3, -0.25) is 4.90 Å². The van der Waals surface area contributed by atoms with Crippen molar-refractivity contribution in [2.75, 3.05) is 26.7 Å². The van der Waals surface area contributed by atoms with Crippen LogP contribution in [0.4, 0.5) is 18.0 Å². The van der Waals surface area contributed by atoms with Crippen molar-refractivity contribution in [1.82, 2.24) is 9.80 Å². The summed E-state index contributed by atoms with van der Waals surface area (Å²) in [5.41, 5.74) is 0.909. The van der Waals surface area contributed by atoms with E-state index in [1.165, 1.54) is 4.90 Å². The fraction of sp³-hybridized carbons (Fsp3) is 0.650. The highest BCUT2D eigenvalue weighted by atomic mass is 35.5. The molecule has 5 nitrogen and oxygen atoms in total. The van der Waals surface area contributed by atoms with E-state index < -0.39 is 18.4 Å². The van der Waals surface area contributed by atoms with Gasteiger partial charge in [-0.05, 0) is 50.8 Å². The second kappa shape index (κ2) is 8.60. The lowest BCUT2D eigenvalue weighted by Crippen LogP contribution is -2.53. The second-order valence-corrected chi connectivity index (χ2v) is 8.12. The number of amides is 1. The number of alkyl halides is 3. The van der Waals surface area contributed by atoms with E-state index in [1.807, 2.05) is 18.2 Å². The second-order valence-electron chi connectivity index (χ2n) is 7.74. The van der Waals surface area contributed by atoms with Crippen LogP contribution in [0.15, 0.2) is 18.2 Å². The SMILES string of the molecule is COc1cccc(CN2CCCC23CCN(C(=O)OC(C)C(F)(F)F)CC3)c1Cl. The van der Waals surface area contributed by atoms with E-state index in [-0.39, 0.29) is 5.54 Å². The highest BCUT2D eigenvalue weighted by Gasteiger charge is 2.45. The average molecular weight is 435 g/mol. The number of hydrogen-bond acceptors (Lipinski definition) is 4. The zero-order chi connectivity index (χ0) is 21.2. The van der Waals surface area contributed by atoms with Crippen molar-refractivity contribution >= 4 is 17.7 Å². The van der Waals surface area contributed by atoms with E-state index in [9.17, 15) is 18.0 Å². The van der Waals surface area contributed by atoms with Gasteiger partial charge in [0.15, 0.2) is 6.10 Å². The number of methoxy groups -OCH3 is 1. The summed E-state index contributed by atoms with van der Waals surface area (Å²) in [6.45, 7) is 3.20. The van der Waals surface area contributed by atoms with Crippen molar-refractivity contribution in [3.05, 3.63) is 28.8 Å². The van der Waals surface area contributed by atoms with Crippen molar-refractivity contribution in [1.29, 1.82) is 0 Å². The molecule has 1 spiro atoms. The molecule has 2 saturated heterocycles. The molecule has 1 aromatic carbocycles. The fourth-order valence-corrected chi connectivity index (χ4v) is 4.51. The predicted octanol–water partition coefficient (Wildman–Crippen LogP) is 4.87. The predicted molar refractivity (Wildman–Crippen MR) is 103 cm³/mol. The maximum absolute atomic E-state index is 12.6. The Kier molecular flexibility index (Phi) is 6.53. The third-order valence-electron chi connectivity index (χ3n) is 6.06. The number of carbonyl (C=O) groups excluding carboxylic acids is 1. The van der Waals surface area contributed by atoms with E-state index in [0.717, 1.165) is 31.9 Å². The molecule has 0 N–H and O–H groups in total. The first-order valence-corrected chi connectivity index (χ1v) is 10.1. The van der Waals surface area contributed by atoms with Gasteiger partial charge in [0, 0.05) is 25.2 Å². The van der Waals surface area contributed by atoms with Crippen molar-refractivity contribution < 1.29 is 27.4 Å². The maximum Gasteiger partial charge on any atom is 0.425 e. The van der Waals surface area contributed by atoms with Crippen LogP contribution in [-0.4, -0.2) is 60.5 Å². The van der Waals surface area contributed by atoms with Gasteiger partial charge in [0.1, 0.15) is 5.75 Å². The van der Waals surface area contributed by atoms with Gasteiger partial charge in [0.2, 0.25) is 0 Å². The molecule has 0 bridgehead atoms. The molecule has 9 heteroatoms. The minimum absolute atomic E-state index is 0.0706. The molecular weight excluding hydrogens is 409 g/mol. The molecule has 1 amide bonds. The van der Waals surface area contributed by atoms with Gasteiger partial charge in [0.05, 0.1) is 12.1 Å². The van der Waals surface area contributed by atoms with Gasteiger partial charge in [-0.25, -0.2) is 4.79 Å². The molecule has 2 aliphatic heterocycles. The molecular formula is C20H26ClF3N2O3. The summed E-state index contributed by atoms with van der Waals surface area (Å²) >= 11 is 6.45. The lowest BCUT2D eigenvalue weighted by Gasteiger charge is -2.45. The monoisotopic (exact) mass is 434 g/mol. The average Bonchev–Trinajstić information content (AvgIpc) is 3.05.